The number of benzene rings is 1. The van der Waals surface area contributed by atoms with Crippen molar-refractivity contribution in [2.45, 2.75) is 18.6 Å². The Kier molecular flexibility index (Phi) is 3.02. The zero-order valence-electron chi connectivity index (χ0n) is 8.91. The Bertz CT molecular complexity index is 522. The van der Waals surface area contributed by atoms with Gasteiger partial charge in [0.05, 0.1) is 5.52 Å². The highest BCUT2D eigenvalue weighted by molar-refractivity contribution is 5.78. The average molecular weight is 240 g/mol. The molecule has 0 spiro atoms. The normalized spacial score (nSPS) is 13.9. The summed E-state index contributed by atoms with van der Waals surface area (Å²) in [4.78, 5) is 4.10. The number of alkyl halides is 3. The molecule has 2 aromatic rings. The molecule has 0 aliphatic heterocycles. The molecule has 1 heterocycles. The van der Waals surface area contributed by atoms with Crippen LogP contribution >= 0.6 is 0 Å². The molecule has 5 heteroatoms. The lowest BCUT2D eigenvalue weighted by Crippen LogP contribution is -2.39. The summed E-state index contributed by atoms with van der Waals surface area (Å²) in [6, 6.07) is 6.75. The minimum absolute atomic E-state index is 0.214. The molecule has 0 saturated heterocycles. The van der Waals surface area contributed by atoms with Gasteiger partial charge in [0, 0.05) is 11.6 Å². The number of rotatable bonds is 2. The van der Waals surface area contributed by atoms with Gasteiger partial charge in [0.15, 0.2) is 0 Å². The highest BCUT2D eigenvalue weighted by Gasteiger charge is 2.36. The summed E-state index contributed by atoms with van der Waals surface area (Å²) < 4.78 is 36.9. The molecular weight excluding hydrogens is 229 g/mol. The van der Waals surface area contributed by atoms with Gasteiger partial charge < -0.3 is 5.73 Å². The van der Waals surface area contributed by atoms with E-state index in [4.69, 9.17) is 5.73 Å². The van der Waals surface area contributed by atoms with Crippen LogP contribution in [0.5, 0.6) is 0 Å². The van der Waals surface area contributed by atoms with Crippen molar-refractivity contribution in [2.24, 2.45) is 5.73 Å². The van der Waals surface area contributed by atoms with Gasteiger partial charge in [-0.05, 0) is 30.2 Å². The van der Waals surface area contributed by atoms with Crippen LogP contribution in [0.2, 0.25) is 0 Å². The van der Waals surface area contributed by atoms with Gasteiger partial charge >= 0.3 is 6.18 Å². The summed E-state index contributed by atoms with van der Waals surface area (Å²) in [7, 11) is 0. The van der Waals surface area contributed by atoms with Crippen LogP contribution in [0.15, 0.2) is 36.5 Å². The highest BCUT2D eigenvalue weighted by atomic mass is 19.4. The summed E-state index contributed by atoms with van der Waals surface area (Å²) in [6.45, 7) is 0. The van der Waals surface area contributed by atoms with Crippen molar-refractivity contribution in [3.63, 3.8) is 0 Å². The Balaban J connectivity index is 2.25. The van der Waals surface area contributed by atoms with Crippen molar-refractivity contribution in [3.8, 4) is 0 Å². The maximum Gasteiger partial charge on any atom is 0.403 e. The Morgan fingerprint density at radius 1 is 1.24 bits per heavy atom. The maximum absolute atomic E-state index is 12.3. The van der Waals surface area contributed by atoms with Gasteiger partial charge in [0.1, 0.15) is 6.04 Å². The second kappa shape index (κ2) is 4.33. The summed E-state index contributed by atoms with van der Waals surface area (Å²) >= 11 is 0. The second-order valence-corrected chi connectivity index (χ2v) is 3.88. The summed E-state index contributed by atoms with van der Waals surface area (Å²) in [5, 5.41) is 0.819. The predicted octanol–water partition coefficient (Wildman–Crippen LogP) is 2.67. The molecule has 1 aromatic heterocycles. The van der Waals surface area contributed by atoms with Crippen LogP contribution in [0.1, 0.15) is 5.56 Å². The number of fused-ring (bicyclic) bond motifs is 1. The van der Waals surface area contributed by atoms with Gasteiger partial charge in [-0.1, -0.05) is 12.1 Å². The van der Waals surface area contributed by atoms with Gasteiger partial charge in [-0.15, -0.1) is 0 Å². The van der Waals surface area contributed by atoms with E-state index in [2.05, 4.69) is 4.98 Å². The maximum atomic E-state index is 12.3. The van der Waals surface area contributed by atoms with Crippen molar-refractivity contribution < 1.29 is 13.2 Å². The minimum atomic E-state index is -4.36. The van der Waals surface area contributed by atoms with Crippen molar-refractivity contribution in [3.05, 3.63) is 42.1 Å². The zero-order chi connectivity index (χ0) is 12.5. The molecular formula is C12H11F3N2. The molecule has 2 N–H and O–H groups in total. The molecule has 0 aliphatic rings. The predicted molar refractivity (Wildman–Crippen MR) is 59.5 cm³/mol. The standard InChI is InChI=1S/C12H11F3N2/c13-12(14,15)11(16)7-8-3-4-10-9(6-8)2-1-5-17-10/h1-6,11H,7,16H2. The van der Waals surface area contributed by atoms with Crippen molar-refractivity contribution in [2.75, 3.05) is 0 Å². The Morgan fingerprint density at radius 3 is 2.71 bits per heavy atom. The lowest BCUT2D eigenvalue weighted by molar-refractivity contribution is -0.147. The van der Waals surface area contributed by atoms with E-state index >= 15 is 0 Å². The van der Waals surface area contributed by atoms with E-state index in [-0.39, 0.29) is 6.42 Å². The van der Waals surface area contributed by atoms with Crippen LogP contribution in [-0.4, -0.2) is 17.2 Å². The topological polar surface area (TPSA) is 38.9 Å². The fraction of sp³-hybridized carbons (Fsp3) is 0.250. The van der Waals surface area contributed by atoms with E-state index in [1.807, 2.05) is 6.07 Å². The summed E-state index contributed by atoms with van der Waals surface area (Å²) in [5.74, 6) is 0. The van der Waals surface area contributed by atoms with Crippen molar-refractivity contribution in [1.29, 1.82) is 0 Å². The third-order valence-corrected chi connectivity index (χ3v) is 2.54. The number of nitrogens with zero attached hydrogens (tertiary/aromatic N) is 1. The van der Waals surface area contributed by atoms with E-state index in [9.17, 15) is 13.2 Å². The number of aromatic nitrogens is 1. The number of hydrogen-bond donors (Lipinski definition) is 1. The van der Waals surface area contributed by atoms with Crippen LogP contribution in [0.4, 0.5) is 13.2 Å². The van der Waals surface area contributed by atoms with Gasteiger partial charge in [-0.2, -0.15) is 13.2 Å². The third-order valence-electron chi connectivity index (χ3n) is 2.54. The molecule has 0 fully saturated rings. The van der Waals surface area contributed by atoms with E-state index in [0.717, 1.165) is 10.9 Å². The van der Waals surface area contributed by atoms with Crippen molar-refractivity contribution >= 4 is 10.9 Å². The highest BCUT2D eigenvalue weighted by Crippen LogP contribution is 2.22. The monoisotopic (exact) mass is 240 g/mol. The van der Waals surface area contributed by atoms with Crippen LogP contribution in [0, 0.1) is 0 Å². The molecule has 0 amide bonds. The van der Waals surface area contributed by atoms with Crippen LogP contribution < -0.4 is 5.73 Å². The number of halogens is 3. The molecule has 0 aliphatic carbocycles. The molecule has 1 unspecified atom stereocenters. The van der Waals surface area contributed by atoms with E-state index in [0.29, 0.717) is 5.56 Å². The third kappa shape index (κ3) is 2.74. The Labute approximate surface area is 96.3 Å². The Morgan fingerprint density at radius 2 is 2.00 bits per heavy atom. The summed E-state index contributed by atoms with van der Waals surface area (Å²) in [5.41, 5.74) is 6.41. The quantitative estimate of drug-likeness (QED) is 0.876. The van der Waals surface area contributed by atoms with E-state index in [1.54, 1.807) is 30.5 Å². The van der Waals surface area contributed by atoms with E-state index in [1.165, 1.54) is 0 Å². The fourth-order valence-electron chi connectivity index (χ4n) is 1.62. The zero-order valence-corrected chi connectivity index (χ0v) is 8.91. The Hall–Kier alpha value is -1.62. The van der Waals surface area contributed by atoms with Crippen molar-refractivity contribution in [1.82, 2.24) is 4.98 Å². The van der Waals surface area contributed by atoms with Crippen LogP contribution in [0.3, 0.4) is 0 Å². The van der Waals surface area contributed by atoms with Crippen LogP contribution in [-0.2, 0) is 6.42 Å². The smallest absolute Gasteiger partial charge is 0.320 e. The van der Waals surface area contributed by atoms with Gasteiger partial charge in [0.2, 0.25) is 0 Å². The SMILES string of the molecule is NC(Cc1ccc2ncccc2c1)C(F)(F)F. The lowest BCUT2D eigenvalue weighted by atomic mass is 10.0. The minimum Gasteiger partial charge on any atom is -0.320 e. The summed E-state index contributed by atoms with van der Waals surface area (Å²) in [6.07, 6.45) is -2.93. The van der Waals surface area contributed by atoms with Gasteiger partial charge in [-0.25, -0.2) is 0 Å². The molecule has 2 nitrogen and oxygen atoms in total. The first-order valence-corrected chi connectivity index (χ1v) is 5.13. The first kappa shape index (κ1) is 11.9. The fourth-order valence-corrected chi connectivity index (χ4v) is 1.62. The molecule has 2 rings (SSSR count). The van der Waals surface area contributed by atoms with Crippen LogP contribution in [0.25, 0.3) is 10.9 Å². The number of hydrogen-bond acceptors (Lipinski definition) is 2. The molecule has 90 valence electrons. The molecule has 0 saturated carbocycles. The number of pyridine rings is 1. The first-order chi connectivity index (χ1) is 7.97. The van der Waals surface area contributed by atoms with Gasteiger partial charge in [0.25, 0.3) is 0 Å². The number of nitrogens with two attached hydrogens (primary N) is 1. The molecule has 0 bridgehead atoms. The van der Waals surface area contributed by atoms with Gasteiger partial charge in [-0.3, -0.25) is 4.98 Å². The molecule has 17 heavy (non-hydrogen) atoms. The molecule has 1 aromatic carbocycles. The first-order valence-electron chi connectivity index (χ1n) is 5.13. The average Bonchev–Trinajstić information content (AvgIpc) is 2.27. The molecule has 0 radical (unpaired) electrons. The lowest BCUT2D eigenvalue weighted by Gasteiger charge is -2.15. The second-order valence-electron chi connectivity index (χ2n) is 3.88. The molecule has 1 atom stereocenters. The largest absolute Gasteiger partial charge is 0.403 e. The van der Waals surface area contributed by atoms with E-state index < -0.39 is 12.2 Å².